The Balaban J connectivity index is 2.92. The summed E-state index contributed by atoms with van der Waals surface area (Å²) >= 11 is 5.13. The Bertz CT molecular complexity index is 336. The van der Waals surface area contributed by atoms with E-state index in [-0.39, 0.29) is 4.99 Å². The molecule has 0 radical (unpaired) electrons. The second-order valence-corrected chi connectivity index (χ2v) is 5.03. The van der Waals surface area contributed by atoms with Crippen LogP contribution < -0.4 is 0 Å². The van der Waals surface area contributed by atoms with Crippen molar-refractivity contribution >= 4 is 23.2 Å². The first kappa shape index (κ1) is 15.2. The van der Waals surface area contributed by atoms with E-state index in [1.165, 1.54) is 4.90 Å². The lowest BCUT2D eigenvalue weighted by molar-refractivity contribution is -0.210. The van der Waals surface area contributed by atoms with Gasteiger partial charge in [-0.25, -0.2) is 4.79 Å². The molecule has 0 aliphatic heterocycles. The van der Waals surface area contributed by atoms with Crippen molar-refractivity contribution in [2.24, 2.45) is 0 Å². The first-order valence-electron chi connectivity index (χ1n) is 5.71. The number of alkyl halides is 3. The van der Waals surface area contributed by atoms with E-state index in [0.29, 0.717) is 25.7 Å². The Morgan fingerprint density at radius 1 is 1.22 bits per heavy atom. The summed E-state index contributed by atoms with van der Waals surface area (Å²) in [5.41, 5.74) is -1.27. The highest BCUT2D eigenvalue weighted by atomic mass is 32.1. The fourth-order valence-electron chi connectivity index (χ4n) is 2.13. The second-order valence-electron chi connectivity index (χ2n) is 4.64. The maximum Gasteiger partial charge on any atom is 0.490 e. The highest BCUT2D eigenvalue weighted by molar-refractivity contribution is 7.80. The molecule has 0 unspecified atom stereocenters. The summed E-state index contributed by atoms with van der Waals surface area (Å²) in [5, 5.41) is 0. The summed E-state index contributed by atoms with van der Waals surface area (Å²) < 4.78 is 41.6. The van der Waals surface area contributed by atoms with Crippen LogP contribution in [0.2, 0.25) is 0 Å². The molecule has 0 heterocycles. The molecular weight excluding hydrogens is 267 g/mol. The molecule has 7 heteroatoms. The van der Waals surface area contributed by atoms with Gasteiger partial charge in [-0.05, 0) is 25.7 Å². The smallest absolute Gasteiger partial charge is 0.445 e. The predicted octanol–water partition coefficient (Wildman–Crippen LogP) is 2.68. The number of hydrogen-bond donors (Lipinski definition) is 0. The SMILES string of the molecule is CN(C)C(=S)C1(OC(=O)C(F)(F)F)CCCCC1. The number of ether oxygens (including phenoxy) is 1. The number of esters is 1. The molecule has 104 valence electrons. The molecular formula is C11H16F3NO2S. The van der Waals surface area contributed by atoms with Gasteiger partial charge in [0, 0.05) is 14.1 Å². The number of halogens is 3. The molecule has 1 fully saturated rings. The molecule has 0 atom stereocenters. The lowest BCUT2D eigenvalue weighted by Gasteiger charge is -2.39. The quantitative estimate of drug-likeness (QED) is 0.575. The molecule has 0 aromatic carbocycles. The Labute approximate surface area is 109 Å². The molecule has 1 aliphatic rings. The zero-order valence-corrected chi connectivity index (χ0v) is 11.2. The van der Waals surface area contributed by atoms with Gasteiger partial charge in [-0.15, -0.1) is 0 Å². The third kappa shape index (κ3) is 3.34. The van der Waals surface area contributed by atoms with Crippen LogP contribution in [0.4, 0.5) is 13.2 Å². The molecule has 1 saturated carbocycles. The van der Waals surface area contributed by atoms with Crippen molar-refractivity contribution in [1.82, 2.24) is 4.90 Å². The van der Waals surface area contributed by atoms with Crippen molar-refractivity contribution in [1.29, 1.82) is 0 Å². The van der Waals surface area contributed by atoms with Gasteiger partial charge in [0.1, 0.15) is 4.99 Å². The van der Waals surface area contributed by atoms with E-state index in [1.54, 1.807) is 14.1 Å². The van der Waals surface area contributed by atoms with Gasteiger partial charge in [0.15, 0.2) is 5.60 Å². The summed E-state index contributed by atoms with van der Waals surface area (Å²) in [7, 11) is 3.28. The average Bonchev–Trinajstić information content (AvgIpc) is 2.27. The van der Waals surface area contributed by atoms with Crippen LogP contribution in [0.3, 0.4) is 0 Å². The Morgan fingerprint density at radius 2 is 1.72 bits per heavy atom. The maximum absolute atomic E-state index is 12.3. The number of nitrogens with zero attached hydrogens (tertiary/aromatic N) is 1. The lowest BCUT2D eigenvalue weighted by Crippen LogP contribution is -2.51. The minimum Gasteiger partial charge on any atom is -0.445 e. The van der Waals surface area contributed by atoms with Crippen molar-refractivity contribution in [3.63, 3.8) is 0 Å². The molecule has 1 aliphatic carbocycles. The van der Waals surface area contributed by atoms with Crippen molar-refractivity contribution in [2.75, 3.05) is 14.1 Å². The van der Waals surface area contributed by atoms with Crippen molar-refractivity contribution in [3.8, 4) is 0 Å². The van der Waals surface area contributed by atoms with E-state index >= 15 is 0 Å². The van der Waals surface area contributed by atoms with E-state index < -0.39 is 17.7 Å². The van der Waals surface area contributed by atoms with E-state index in [2.05, 4.69) is 0 Å². The van der Waals surface area contributed by atoms with E-state index in [1.807, 2.05) is 0 Å². The molecule has 0 N–H and O–H groups in total. The summed E-state index contributed by atoms with van der Waals surface area (Å²) in [5.74, 6) is -2.16. The number of thiocarbonyl (C=S) groups is 1. The van der Waals surface area contributed by atoms with Crippen LogP contribution in [-0.4, -0.2) is 41.7 Å². The van der Waals surface area contributed by atoms with Gasteiger partial charge < -0.3 is 9.64 Å². The first-order valence-corrected chi connectivity index (χ1v) is 6.12. The number of hydrogen-bond acceptors (Lipinski definition) is 3. The van der Waals surface area contributed by atoms with Gasteiger partial charge >= 0.3 is 12.1 Å². The number of carbonyl (C=O) groups excluding carboxylic acids is 1. The fourth-order valence-corrected chi connectivity index (χ4v) is 2.37. The number of rotatable bonds is 2. The van der Waals surface area contributed by atoms with Crippen LogP contribution >= 0.6 is 12.2 Å². The third-order valence-corrected chi connectivity index (χ3v) is 3.71. The van der Waals surface area contributed by atoms with Crippen LogP contribution in [0.25, 0.3) is 0 Å². The molecule has 0 spiro atoms. The second kappa shape index (κ2) is 5.42. The van der Waals surface area contributed by atoms with Crippen LogP contribution in [0.5, 0.6) is 0 Å². The minimum absolute atomic E-state index is 0.250. The molecule has 0 amide bonds. The van der Waals surface area contributed by atoms with Gasteiger partial charge in [0.2, 0.25) is 0 Å². The third-order valence-electron chi connectivity index (χ3n) is 2.98. The highest BCUT2D eigenvalue weighted by Gasteiger charge is 2.49. The Morgan fingerprint density at radius 3 is 2.11 bits per heavy atom. The summed E-state index contributed by atoms with van der Waals surface area (Å²) in [6.07, 6.45) is -1.94. The van der Waals surface area contributed by atoms with Gasteiger partial charge in [-0.1, -0.05) is 18.6 Å². The van der Waals surface area contributed by atoms with Crippen LogP contribution in [0.15, 0.2) is 0 Å². The summed E-state index contributed by atoms with van der Waals surface area (Å²) in [4.78, 5) is 12.8. The van der Waals surface area contributed by atoms with Crippen LogP contribution in [-0.2, 0) is 9.53 Å². The van der Waals surface area contributed by atoms with Crippen molar-refractivity contribution < 1.29 is 22.7 Å². The molecule has 0 aromatic heterocycles. The van der Waals surface area contributed by atoms with E-state index in [4.69, 9.17) is 17.0 Å². The Kier molecular flexibility index (Phi) is 4.58. The standard InChI is InChI=1S/C11H16F3NO2S/c1-15(2)8(18)10(6-4-3-5-7-10)17-9(16)11(12,13)14/h3-7H2,1-2H3. The fraction of sp³-hybridized carbons (Fsp3) is 0.818. The molecule has 3 nitrogen and oxygen atoms in total. The molecule has 0 saturated heterocycles. The zero-order chi connectivity index (χ0) is 14.0. The van der Waals surface area contributed by atoms with Crippen molar-refractivity contribution in [2.45, 2.75) is 43.9 Å². The number of likely N-dealkylation sites (N-methyl/N-ethyl adjacent to an activating group) is 1. The van der Waals surface area contributed by atoms with Gasteiger partial charge in [-0.2, -0.15) is 13.2 Å². The lowest BCUT2D eigenvalue weighted by atomic mass is 9.84. The predicted molar refractivity (Wildman–Crippen MR) is 64.2 cm³/mol. The van der Waals surface area contributed by atoms with Gasteiger partial charge in [0.05, 0.1) is 0 Å². The molecule has 18 heavy (non-hydrogen) atoms. The molecule has 0 aromatic rings. The minimum atomic E-state index is -4.98. The Hall–Kier alpha value is -0.850. The van der Waals surface area contributed by atoms with Crippen LogP contribution in [0, 0.1) is 0 Å². The highest BCUT2D eigenvalue weighted by Crippen LogP contribution is 2.35. The van der Waals surface area contributed by atoms with E-state index in [9.17, 15) is 18.0 Å². The average molecular weight is 283 g/mol. The van der Waals surface area contributed by atoms with Crippen LogP contribution in [0.1, 0.15) is 32.1 Å². The number of carbonyl (C=O) groups is 1. The monoisotopic (exact) mass is 283 g/mol. The van der Waals surface area contributed by atoms with E-state index in [0.717, 1.165) is 6.42 Å². The van der Waals surface area contributed by atoms with Gasteiger partial charge in [-0.3, -0.25) is 0 Å². The largest absolute Gasteiger partial charge is 0.490 e. The first-order chi connectivity index (χ1) is 8.19. The van der Waals surface area contributed by atoms with Gasteiger partial charge in [0.25, 0.3) is 0 Å². The summed E-state index contributed by atoms with van der Waals surface area (Å²) in [6, 6.07) is 0. The molecule has 0 bridgehead atoms. The summed E-state index contributed by atoms with van der Waals surface area (Å²) in [6.45, 7) is 0. The zero-order valence-electron chi connectivity index (χ0n) is 10.3. The normalized spacial score (nSPS) is 19.2. The van der Waals surface area contributed by atoms with Crippen molar-refractivity contribution in [3.05, 3.63) is 0 Å². The topological polar surface area (TPSA) is 29.5 Å². The maximum atomic E-state index is 12.3. The molecule has 1 rings (SSSR count).